The Balaban J connectivity index is 1.39. The molecular weight excluding hydrogens is 417 g/mol. The highest BCUT2D eigenvalue weighted by atomic mass is 31.2. The summed E-state index contributed by atoms with van der Waals surface area (Å²) in [5, 5.41) is 12.2. The number of hydrogen-bond acceptors (Lipinski definition) is 10. The fraction of sp³-hybridized carbons (Fsp3) is 0.312. The molecule has 1 aliphatic heterocycles. The van der Waals surface area contributed by atoms with Crippen molar-refractivity contribution in [2.24, 2.45) is 0 Å². The molecule has 4 atom stereocenters. The zero-order valence-electron chi connectivity index (χ0n) is 15.4. The molecule has 1 unspecified atom stereocenters. The topological polar surface area (TPSA) is 188 Å². The van der Waals surface area contributed by atoms with Crippen molar-refractivity contribution in [1.82, 2.24) is 29.6 Å². The molecule has 0 aliphatic carbocycles. The standard InChI is InChI=1S/C16H18N7O6P/c17-14-13-15(20-7-19-14)23(8-21-13)12-4-10(24)11(29-12)6-28-30(26,27)22-16(25)9-2-1-3-18-5-9/h1-3,5,7-8,10-12,24H,4,6H2,(H2,17,19,20)(H2,22,25,26,27)/t10-,11+,12+/m0/s1. The smallest absolute Gasteiger partial charge is 0.390 e. The van der Waals surface area contributed by atoms with Crippen molar-refractivity contribution in [3.8, 4) is 0 Å². The van der Waals surface area contributed by atoms with Gasteiger partial charge in [0.1, 0.15) is 24.2 Å². The summed E-state index contributed by atoms with van der Waals surface area (Å²) >= 11 is 0. The quantitative estimate of drug-likeness (QED) is 0.382. The van der Waals surface area contributed by atoms with E-state index in [4.69, 9.17) is 15.0 Å². The second kappa shape index (κ2) is 8.05. The van der Waals surface area contributed by atoms with Gasteiger partial charge in [-0.05, 0) is 12.1 Å². The number of carbonyl (C=O) groups excluding carboxylic acids is 1. The van der Waals surface area contributed by atoms with Crippen molar-refractivity contribution < 1.29 is 28.6 Å². The van der Waals surface area contributed by atoms with Crippen molar-refractivity contribution in [1.29, 1.82) is 0 Å². The second-order valence-electron chi connectivity index (χ2n) is 6.51. The van der Waals surface area contributed by atoms with Crippen LogP contribution in [-0.2, 0) is 13.8 Å². The summed E-state index contributed by atoms with van der Waals surface area (Å²) in [4.78, 5) is 37.8. The molecule has 30 heavy (non-hydrogen) atoms. The van der Waals surface area contributed by atoms with Gasteiger partial charge >= 0.3 is 7.75 Å². The highest BCUT2D eigenvalue weighted by molar-refractivity contribution is 7.51. The molecule has 13 nitrogen and oxygen atoms in total. The number of aliphatic hydroxyl groups is 1. The minimum absolute atomic E-state index is 0.0980. The lowest BCUT2D eigenvalue weighted by Crippen LogP contribution is -2.28. The van der Waals surface area contributed by atoms with E-state index in [1.807, 2.05) is 5.09 Å². The third-order valence-electron chi connectivity index (χ3n) is 4.48. The Morgan fingerprint density at radius 3 is 3.03 bits per heavy atom. The minimum atomic E-state index is -4.49. The van der Waals surface area contributed by atoms with E-state index in [1.54, 1.807) is 4.57 Å². The van der Waals surface area contributed by atoms with Crippen LogP contribution in [0.25, 0.3) is 11.2 Å². The van der Waals surface area contributed by atoms with Gasteiger partial charge in [0.2, 0.25) is 0 Å². The molecule has 3 aromatic rings. The van der Waals surface area contributed by atoms with Gasteiger partial charge in [0.15, 0.2) is 11.5 Å². The number of nitrogen functional groups attached to an aromatic ring is 1. The Morgan fingerprint density at radius 2 is 2.27 bits per heavy atom. The van der Waals surface area contributed by atoms with E-state index in [-0.39, 0.29) is 17.8 Å². The second-order valence-corrected chi connectivity index (χ2v) is 8.04. The van der Waals surface area contributed by atoms with Crippen molar-refractivity contribution >= 4 is 30.6 Å². The van der Waals surface area contributed by atoms with E-state index in [0.717, 1.165) is 0 Å². The molecule has 1 amide bonds. The van der Waals surface area contributed by atoms with E-state index in [9.17, 15) is 19.4 Å². The lowest BCUT2D eigenvalue weighted by Gasteiger charge is -2.18. The molecule has 0 bridgehead atoms. The molecule has 4 rings (SSSR count). The zero-order chi connectivity index (χ0) is 21.3. The van der Waals surface area contributed by atoms with Gasteiger partial charge in [-0.25, -0.2) is 19.5 Å². The van der Waals surface area contributed by atoms with Gasteiger partial charge in [-0.3, -0.25) is 24.0 Å². The number of pyridine rings is 1. The first-order valence-corrected chi connectivity index (χ1v) is 10.4. The zero-order valence-corrected chi connectivity index (χ0v) is 16.3. The maximum Gasteiger partial charge on any atom is 0.432 e. The number of anilines is 1. The predicted octanol–water partition coefficient (Wildman–Crippen LogP) is -0.00110. The first-order chi connectivity index (χ1) is 14.3. The molecule has 1 saturated heterocycles. The average molecular weight is 435 g/mol. The van der Waals surface area contributed by atoms with Crippen LogP contribution in [0, 0.1) is 0 Å². The Bertz CT molecular complexity index is 1110. The average Bonchev–Trinajstić information content (AvgIpc) is 3.31. The van der Waals surface area contributed by atoms with Crippen LogP contribution in [0.2, 0.25) is 0 Å². The van der Waals surface area contributed by atoms with Crippen LogP contribution >= 0.6 is 7.75 Å². The van der Waals surface area contributed by atoms with Crippen molar-refractivity contribution in [3.05, 3.63) is 42.7 Å². The molecule has 14 heteroatoms. The molecule has 0 spiro atoms. The van der Waals surface area contributed by atoms with Gasteiger partial charge in [-0.2, -0.15) is 0 Å². The number of nitrogens with zero attached hydrogens (tertiary/aromatic N) is 5. The number of amides is 1. The monoisotopic (exact) mass is 435 g/mol. The number of nitrogens with two attached hydrogens (primary N) is 1. The molecule has 0 radical (unpaired) electrons. The van der Waals surface area contributed by atoms with Crippen molar-refractivity contribution in [2.45, 2.75) is 24.9 Å². The molecule has 1 aliphatic rings. The first kappa shape index (κ1) is 20.3. The third kappa shape index (κ3) is 4.15. The summed E-state index contributed by atoms with van der Waals surface area (Å²) in [6.45, 7) is -0.428. The van der Waals surface area contributed by atoms with E-state index in [0.29, 0.717) is 11.2 Å². The summed E-state index contributed by atoms with van der Waals surface area (Å²) in [5.41, 5.74) is 6.69. The summed E-state index contributed by atoms with van der Waals surface area (Å²) in [6.07, 6.45) is 3.08. The van der Waals surface area contributed by atoms with Gasteiger partial charge in [0, 0.05) is 18.8 Å². The third-order valence-corrected chi connectivity index (χ3v) is 5.47. The molecule has 3 aromatic heterocycles. The SMILES string of the molecule is Nc1ncnc2c1ncn2[C@H]1C[C@H](O)[C@@H](COP(=O)(O)NC(=O)c2cccnc2)O1. The predicted molar refractivity (Wildman–Crippen MR) is 102 cm³/mol. The molecular formula is C16H18N7O6P. The van der Waals surface area contributed by atoms with Crippen LogP contribution in [-0.4, -0.2) is 59.2 Å². The maximum atomic E-state index is 12.2. The van der Waals surface area contributed by atoms with Crippen molar-refractivity contribution in [3.63, 3.8) is 0 Å². The molecule has 5 N–H and O–H groups in total. The van der Waals surface area contributed by atoms with Crippen LogP contribution in [0.3, 0.4) is 0 Å². The maximum absolute atomic E-state index is 12.2. The molecule has 158 valence electrons. The van der Waals surface area contributed by atoms with E-state index in [1.165, 1.54) is 37.2 Å². The number of aromatic nitrogens is 5. The number of fused-ring (bicyclic) bond motifs is 1. The van der Waals surface area contributed by atoms with E-state index >= 15 is 0 Å². The molecule has 4 heterocycles. The van der Waals surface area contributed by atoms with Crippen LogP contribution in [0.15, 0.2) is 37.2 Å². The molecule has 1 fully saturated rings. The van der Waals surface area contributed by atoms with Gasteiger partial charge in [0.25, 0.3) is 5.91 Å². The fourth-order valence-corrected chi connectivity index (χ4v) is 3.81. The van der Waals surface area contributed by atoms with Crippen molar-refractivity contribution in [2.75, 3.05) is 12.3 Å². The summed E-state index contributed by atoms with van der Waals surface area (Å²) in [7, 11) is -4.49. The number of carbonyl (C=O) groups is 1. The summed E-state index contributed by atoms with van der Waals surface area (Å²) in [6, 6.07) is 2.95. The van der Waals surface area contributed by atoms with Gasteiger partial charge in [-0.1, -0.05) is 0 Å². The Morgan fingerprint density at radius 1 is 1.43 bits per heavy atom. The number of ether oxygens (including phenoxy) is 1. The lowest BCUT2D eigenvalue weighted by atomic mass is 10.2. The van der Waals surface area contributed by atoms with Crippen LogP contribution < -0.4 is 10.8 Å². The lowest BCUT2D eigenvalue weighted by molar-refractivity contribution is -0.0399. The Labute approximate surface area is 169 Å². The van der Waals surface area contributed by atoms with Crippen LogP contribution in [0.1, 0.15) is 23.0 Å². The Hall–Kier alpha value is -2.96. The molecule has 0 aromatic carbocycles. The highest BCUT2D eigenvalue weighted by Gasteiger charge is 2.38. The van der Waals surface area contributed by atoms with Gasteiger partial charge in [-0.15, -0.1) is 0 Å². The normalized spacial score (nSPS) is 23.3. The largest absolute Gasteiger partial charge is 0.432 e. The minimum Gasteiger partial charge on any atom is -0.390 e. The van der Waals surface area contributed by atoms with E-state index < -0.39 is 38.7 Å². The number of rotatable bonds is 6. The van der Waals surface area contributed by atoms with Crippen LogP contribution in [0.5, 0.6) is 0 Å². The summed E-state index contributed by atoms with van der Waals surface area (Å²) < 4.78 is 24.5. The number of hydrogen-bond donors (Lipinski definition) is 4. The number of nitrogens with one attached hydrogen (secondary N) is 1. The van der Waals surface area contributed by atoms with Crippen LogP contribution in [0.4, 0.5) is 5.82 Å². The Kier molecular flexibility index (Phi) is 5.45. The number of aliphatic hydroxyl groups excluding tert-OH is 1. The molecule has 0 saturated carbocycles. The number of imidazole rings is 1. The van der Waals surface area contributed by atoms with Gasteiger partial charge in [0.05, 0.1) is 24.6 Å². The summed E-state index contributed by atoms with van der Waals surface area (Å²) in [5.74, 6) is -0.607. The van der Waals surface area contributed by atoms with Gasteiger partial charge < -0.3 is 20.5 Å². The van der Waals surface area contributed by atoms with E-state index in [2.05, 4.69) is 19.9 Å². The first-order valence-electron chi connectivity index (χ1n) is 8.80. The highest BCUT2D eigenvalue weighted by Crippen LogP contribution is 2.39. The fourth-order valence-electron chi connectivity index (χ4n) is 3.01.